The van der Waals surface area contributed by atoms with Crippen molar-refractivity contribution in [3.63, 3.8) is 0 Å². The number of hydrogen-bond acceptors (Lipinski definition) is 5. The molecule has 3 amide bonds. The maximum absolute atomic E-state index is 12.3. The lowest BCUT2D eigenvalue weighted by Gasteiger charge is -2.42. The van der Waals surface area contributed by atoms with Crippen molar-refractivity contribution < 1.29 is 27.8 Å². The summed E-state index contributed by atoms with van der Waals surface area (Å²) >= 11 is 0. The van der Waals surface area contributed by atoms with E-state index in [0.717, 1.165) is 4.90 Å². The van der Waals surface area contributed by atoms with E-state index in [2.05, 4.69) is 0 Å². The number of carbonyl (C=O) groups excluding carboxylic acids is 2. The van der Waals surface area contributed by atoms with Crippen molar-refractivity contribution >= 4 is 22.2 Å². The molecule has 23 heavy (non-hydrogen) atoms. The summed E-state index contributed by atoms with van der Waals surface area (Å²) in [6, 6.07) is 6.29. The smallest absolute Gasteiger partial charge is 0.309 e. The number of rotatable bonds is 3. The first-order valence-electron chi connectivity index (χ1n) is 6.92. The summed E-state index contributed by atoms with van der Waals surface area (Å²) in [6.45, 7) is 0.0710. The van der Waals surface area contributed by atoms with Crippen molar-refractivity contribution in [1.29, 1.82) is 0 Å². The van der Waals surface area contributed by atoms with Crippen molar-refractivity contribution in [2.45, 2.75) is 25.0 Å². The van der Waals surface area contributed by atoms with Gasteiger partial charge in [0, 0.05) is 6.54 Å². The zero-order valence-electron chi connectivity index (χ0n) is 11.9. The van der Waals surface area contributed by atoms with Gasteiger partial charge >= 0.3 is 16.3 Å². The second-order valence-corrected chi connectivity index (χ2v) is 6.72. The van der Waals surface area contributed by atoms with E-state index in [9.17, 15) is 23.2 Å². The molecular weight excluding hydrogens is 326 g/mol. The Morgan fingerprint density at radius 1 is 1.30 bits per heavy atom. The van der Waals surface area contributed by atoms with Crippen LogP contribution in [0.1, 0.15) is 12.0 Å². The summed E-state index contributed by atoms with van der Waals surface area (Å²) < 4.78 is 31.6. The molecule has 2 atom stereocenters. The highest BCUT2D eigenvalue weighted by atomic mass is 32.2. The monoisotopic (exact) mass is 341 g/mol. The van der Waals surface area contributed by atoms with Gasteiger partial charge in [0.1, 0.15) is 6.04 Å². The number of likely N-dealkylation sites (tertiary alicyclic amines) is 1. The summed E-state index contributed by atoms with van der Waals surface area (Å²) in [7, 11) is -4.62. The zero-order valence-corrected chi connectivity index (χ0v) is 12.8. The van der Waals surface area contributed by atoms with Crippen LogP contribution in [0.4, 0.5) is 4.79 Å². The predicted molar refractivity (Wildman–Crippen MR) is 76.5 cm³/mol. The molecule has 2 aliphatic heterocycles. The Morgan fingerprint density at radius 3 is 2.57 bits per heavy atom. The van der Waals surface area contributed by atoms with E-state index in [1.54, 1.807) is 30.3 Å². The third kappa shape index (κ3) is 2.64. The van der Waals surface area contributed by atoms with Crippen LogP contribution < -0.4 is 0 Å². The predicted octanol–water partition coefficient (Wildman–Crippen LogP) is 0.0857. The number of β-lactam (4-membered cyclic amide) rings is 1. The number of hydrogen-bond donors (Lipinski definition) is 2. The first-order valence-corrected chi connectivity index (χ1v) is 8.32. The van der Waals surface area contributed by atoms with Crippen LogP contribution in [0.25, 0.3) is 0 Å². The largest absolute Gasteiger partial charge is 0.362 e. The van der Waals surface area contributed by atoms with Crippen LogP contribution in [0.2, 0.25) is 0 Å². The third-order valence-corrected chi connectivity index (χ3v) is 4.98. The van der Waals surface area contributed by atoms with Crippen LogP contribution in [-0.4, -0.2) is 63.0 Å². The molecule has 0 aromatic heterocycles. The molecule has 10 heteroatoms. The van der Waals surface area contributed by atoms with Gasteiger partial charge in [-0.25, -0.2) is 14.2 Å². The highest BCUT2D eigenvalue weighted by molar-refractivity contribution is 7.84. The van der Waals surface area contributed by atoms with Crippen LogP contribution in [0, 0.1) is 0 Å². The molecule has 9 nitrogen and oxygen atoms in total. The molecule has 3 rings (SSSR count). The number of nitrogens with zero attached hydrogens (tertiary/aromatic N) is 3. The average molecular weight is 341 g/mol. The first kappa shape index (κ1) is 15.7. The fourth-order valence-corrected chi connectivity index (χ4v) is 3.90. The Balaban J connectivity index is 1.69. The summed E-state index contributed by atoms with van der Waals surface area (Å²) in [5, 5.41) is 10.4. The molecule has 0 aliphatic carbocycles. The maximum Gasteiger partial charge on any atom is 0.362 e. The van der Waals surface area contributed by atoms with Crippen LogP contribution in [0.3, 0.4) is 0 Å². The van der Waals surface area contributed by atoms with E-state index in [1.165, 1.54) is 0 Å². The van der Waals surface area contributed by atoms with E-state index >= 15 is 0 Å². The minimum Gasteiger partial charge on any atom is -0.309 e. The molecule has 0 bridgehead atoms. The number of amides is 3. The van der Waals surface area contributed by atoms with Crippen molar-refractivity contribution in [2.75, 3.05) is 6.54 Å². The molecule has 2 N–H and O–H groups in total. The quantitative estimate of drug-likeness (QED) is 0.348. The number of hydroxylamine groups is 2. The van der Waals surface area contributed by atoms with Gasteiger partial charge in [0.05, 0.1) is 12.6 Å². The van der Waals surface area contributed by atoms with Gasteiger partial charge < -0.3 is 4.90 Å². The van der Waals surface area contributed by atoms with E-state index < -0.39 is 34.3 Å². The summed E-state index contributed by atoms with van der Waals surface area (Å²) in [6.07, 6.45) is 0.223. The second-order valence-electron chi connectivity index (χ2n) is 5.43. The highest BCUT2D eigenvalue weighted by Gasteiger charge is 2.60. The third-order valence-electron chi connectivity index (χ3n) is 4.03. The summed E-state index contributed by atoms with van der Waals surface area (Å²) in [4.78, 5) is 25.3. The summed E-state index contributed by atoms with van der Waals surface area (Å²) in [5.74, 6) is -0.864. The normalized spacial score (nSPS) is 23.5. The molecule has 124 valence electrons. The van der Waals surface area contributed by atoms with Gasteiger partial charge in [0.25, 0.3) is 5.91 Å². The molecule has 2 aliphatic rings. The lowest BCUT2D eigenvalue weighted by atomic mass is 10.0. The van der Waals surface area contributed by atoms with Gasteiger partial charge in [0.2, 0.25) is 0 Å². The van der Waals surface area contributed by atoms with Crippen molar-refractivity contribution in [2.24, 2.45) is 0 Å². The van der Waals surface area contributed by atoms with Crippen molar-refractivity contribution in [3.05, 3.63) is 35.9 Å². The van der Waals surface area contributed by atoms with E-state index in [1.807, 2.05) is 0 Å². The molecule has 0 radical (unpaired) electrons. The van der Waals surface area contributed by atoms with Crippen LogP contribution in [-0.2, 0) is 21.6 Å². The lowest BCUT2D eigenvalue weighted by molar-refractivity contribution is -0.145. The SMILES string of the molecule is O=C(N(O)Cc1ccccc1)N1CCC2C1C(=O)N2S(=O)(=O)O. The molecular formula is C13H15N3O6S. The van der Waals surface area contributed by atoms with E-state index in [-0.39, 0.29) is 19.5 Å². The second kappa shape index (κ2) is 5.48. The average Bonchev–Trinajstić information content (AvgIpc) is 2.84. The Labute approximate surface area is 132 Å². The number of carbonyl (C=O) groups is 2. The molecule has 2 heterocycles. The Morgan fingerprint density at radius 2 is 1.96 bits per heavy atom. The molecule has 1 aromatic carbocycles. The Hall–Kier alpha value is -2.17. The standard InChI is InChI=1S/C13H15N3O6S/c17-12-11-10(16(12)23(20,21)22)6-7-14(11)13(18)15(19)8-9-4-2-1-3-5-9/h1-5,10-11,19H,6-8H2,(H,20,21,22). The van der Waals surface area contributed by atoms with E-state index in [4.69, 9.17) is 4.55 Å². The van der Waals surface area contributed by atoms with Gasteiger partial charge in [-0.2, -0.15) is 8.42 Å². The summed E-state index contributed by atoms with van der Waals surface area (Å²) in [5.41, 5.74) is 0.707. The van der Waals surface area contributed by atoms with Gasteiger partial charge in [-0.1, -0.05) is 30.3 Å². The van der Waals surface area contributed by atoms with Crippen LogP contribution in [0.5, 0.6) is 0 Å². The minimum atomic E-state index is -4.62. The molecule has 2 saturated heterocycles. The number of urea groups is 1. The highest BCUT2D eigenvalue weighted by Crippen LogP contribution is 2.36. The minimum absolute atomic E-state index is 0.0518. The molecule has 1 aromatic rings. The van der Waals surface area contributed by atoms with Gasteiger partial charge in [-0.15, -0.1) is 0 Å². The molecule has 0 saturated carbocycles. The zero-order chi connectivity index (χ0) is 16.8. The Bertz CT molecular complexity index is 737. The van der Waals surface area contributed by atoms with E-state index in [0.29, 0.717) is 14.9 Å². The van der Waals surface area contributed by atoms with Crippen LogP contribution >= 0.6 is 0 Å². The Kier molecular flexibility index (Phi) is 3.74. The fraction of sp³-hybridized carbons (Fsp3) is 0.385. The maximum atomic E-state index is 12.3. The fourth-order valence-electron chi connectivity index (χ4n) is 3.00. The topological polar surface area (TPSA) is 118 Å². The number of benzene rings is 1. The van der Waals surface area contributed by atoms with Crippen molar-refractivity contribution in [3.8, 4) is 0 Å². The van der Waals surface area contributed by atoms with Gasteiger partial charge in [-0.3, -0.25) is 14.6 Å². The first-order chi connectivity index (χ1) is 10.8. The van der Waals surface area contributed by atoms with Crippen molar-refractivity contribution in [1.82, 2.24) is 14.3 Å². The number of fused-ring (bicyclic) bond motifs is 1. The molecule has 0 spiro atoms. The molecule has 2 fully saturated rings. The van der Waals surface area contributed by atoms with Gasteiger partial charge in [0.15, 0.2) is 0 Å². The van der Waals surface area contributed by atoms with Gasteiger partial charge in [-0.05, 0) is 12.0 Å². The molecule has 2 unspecified atom stereocenters. The van der Waals surface area contributed by atoms with Crippen LogP contribution in [0.15, 0.2) is 30.3 Å². The lowest BCUT2D eigenvalue weighted by Crippen LogP contribution is -2.68.